The van der Waals surface area contributed by atoms with E-state index in [2.05, 4.69) is 5.16 Å². The smallest absolute Gasteiger partial charge is 0.362 e. The van der Waals surface area contributed by atoms with Crippen molar-refractivity contribution in [2.45, 2.75) is 44.6 Å². The number of methoxy groups -OCH3 is 2. The monoisotopic (exact) mass is 360 g/mol. The molecule has 3 rings (SSSR count). The highest BCUT2D eigenvalue weighted by molar-refractivity contribution is 6.69. The summed E-state index contributed by atoms with van der Waals surface area (Å²) in [6.07, 6.45) is 4.81. The van der Waals surface area contributed by atoms with E-state index in [1.54, 1.807) is 27.2 Å². The number of oxime groups is 1. The van der Waals surface area contributed by atoms with Crippen LogP contribution in [0.4, 0.5) is 0 Å². The molecule has 0 radical (unpaired) electrons. The van der Waals surface area contributed by atoms with Gasteiger partial charge in [-0.25, -0.2) is 4.79 Å². The predicted molar refractivity (Wildman–Crippen MR) is 96.8 cm³/mol. The van der Waals surface area contributed by atoms with Crippen LogP contribution in [0, 0.1) is 0 Å². The summed E-state index contributed by atoms with van der Waals surface area (Å²) in [5, 5.41) is 12.7. The maximum Gasteiger partial charge on any atom is 0.362 e. The maximum absolute atomic E-state index is 12.3. The second-order valence-electron chi connectivity index (χ2n) is 6.60. The van der Waals surface area contributed by atoms with Gasteiger partial charge in [-0.1, -0.05) is 18.0 Å². The Balaban J connectivity index is 2.16. The van der Waals surface area contributed by atoms with E-state index in [0.29, 0.717) is 22.8 Å². The van der Waals surface area contributed by atoms with Crippen LogP contribution in [0.15, 0.2) is 22.3 Å². The van der Waals surface area contributed by atoms with Crippen LogP contribution in [0.3, 0.4) is 0 Å². The number of benzene rings is 1. The minimum atomic E-state index is -0.690. The van der Waals surface area contributed by atoms with E-state index >= 15 is 0 Å². The van der Waals surface area contributed by atoms with Crippen LogP contribution < -0.4 is 9.47 Å². The van der Waals surface area contributed by atoms with Gasteiger partial charge in [0.15, 0.2) is 11.5 Å². The molecular weight excluding hydrogens is 336 g/mol. The van der Waals surface area contributed by atoms with E-state index in [1.165, 1.54) is 0 Å². The maximum atomic E-state index is 12.3. The highest BCUT2D eigenvalue weighted by Gasteiger charge is 2.40. The topological polar surface area (TPSA) is 89.7 Å². The molecule has 1 aliphatic carbocycles. The van der Waals surface area contributed by atoms with Gasteiger partial charge >= 0.3 is 5.97 Å². The van der Waals surface area contributed by atoms with E-state index < -0.39 is 5.97 Å². The van der Waals surface area contributed by atoms with Crippen molar-refractivity contribution < 1.29 is 24.2 Å². The molecule has 1 heterocycles. The van der Waals surface area contributed by atoms with Gasteiger partial charge in [0, 0.05) is 5.56 Å². The van der Waals surface area contributed by atoms with Gasteiger partial charge in [-0.3, -0.25) is 4.99 Å². The fourth-order valence-corrected chi connectivity index (χ4v) is 3.87. The van der Waals surface area contributed by atoms with Gasteiger partial charge in [-0.15, -0.1) is 0 Å². The first kappa shape index (κ1) is 18.2. The van der Waals surface area contributed by atoms with Crippen LogP contribution in [0.25, 0.3) is 0 Å². The Morgan fingerprint density at radius 2 is 1.88 bits per heavy atom. The molecule has 7 nitrogen and oxygen atoms in total. The molecule has 1 aliphatic heterocycles. The predicted octanol–water partition coefficient (Wildman–Crippen LogP) is 2.76. The minimum Gasteiger partial charge on any atom is -0.493 e. The van der Waals surface area contributed by atoms with E-state index in [4.69, 9.17) is 19.2 Å². The van der Waals surface area contributed by atoms with Crippen LogP contribution >= 0.6 is 0 Å². The Morgan fingerprint density at radius 1 is 1.23 bits per heavy atom. The first-order chi connectivity index (χ1) is 12.6. The summed E-state index contributed by atoms with van der Waals surface area (Å²) in [6.45, 7) is 1.89. The van der Waals surface area contributed by atoms with Crippen LogP contribution in [-0.4, -0.2) is 49.0 Å². The zero-order chi connectivity index (χ0) is 18.7. The molecule has 0 unspecified atom stereocenters. The molecule has 0 atom stereocenters. The number of hydrogen-bond donors (Lipinski definition) is 1. The number of nitrogens with zero attached hydrogens (tertiary/aromatic N) is 2. The summed E-state index contributed by atoms with van der Waals surface area (Å²) in [5.41, 5.74) is 1.62. The highest BCUT2D eigenvalue weighted by atomic mass is 16.5. The molecular formula is C19H24N2O5. The number of fused-ring (bicyclic) bond motifs is 1. The lowest BCUT2D eigenvalue weighted by molar-refractivity contribution is -0.134. The average molecular weight is 360 g/mol. The molecule has 0 aromatic heterocycles. The normalized spacial score (nSPS) is 18.3. The summed E-state index contributed by atoms with van der Waals surface area (Å²) in [4.78, 5) is 17.2. The molecule has 1 aromatic rings. The van der Waals surface area contributed by atoms with Crippen molar-refractivity contribution in [3.8, 4) is 11.5 Å². The zero-order valence-electron chi connectivity index (χ0n) is 15.4. The van der Waals surface area contributed by atoms with Crippen LogP contribution in [0.5, 0.6) is 11.5 Å². The van der Waals surface area contributed by atoms with E-state index in [0.717, 1.165) is 37.7 Å². The zero-order valence-corrected chi connectivity index (χ0v) is 15.4. The van der Waals surface area contributed by atoms with Crippen LogP contribution in [-0.2, 0) is 16.0 Å². The van der Waals surface area contributed by atoms with Gasteiger partial charge in [0.25, 0.3) is 0 Å². The number of carbonyl (C=O) groups excluding carboxylic acids is 1. The molecule has 1 fully saturated rings. The van der Waals surface area contributed by atoms with Crippen molar-refractivity contribution in [1.29, 1.82) is 0 Å². The molecule has 140 valence electrons. The van der Waals surface area contributed by atoms with Crippen LogP contribution in [0.1, 0.15) is 43.7 Å². The molecule has 1 N–H and O–H groups in total. The summed E-state index contributed by atoms with van der Waals surface area (Å²) >= 11 is 0. The number of hydrogen-bond acceptors (Lipinski definition) is 7. The fraction of sp³-hybridized carbons (Fsp3) is 0.526. The van der Waals surface area contributed by atoms with Gasteiger partial charge in [0.1, 0.15) is 5.71 Å². The Bertz CT molecular complexity index is 763. The Labute approximate surface area is 152 Å². The van der Waals surface area contributed by atoms with Crippen molar-refractivity contribution in [3.05, 3.63) is 23.3 Å². The third-order valence-corrected chi connectivity index (χ3v) is 5.06. The molecule has 1 aromatic carbocycles. The summed E-state index contributed by atoms with van der Waals surface area (Å²) in [7, 11) is 3.14. The Kier molecular flexibility index (Phi) is 5.15. The quantitative estimate of drug-likeness (QED) is 0.377. The van der Waals surface area contributed by atoms with Crippen molar-refractivity contribution in [3.63, 3.8) is 0 Å². The van der Waals surface area contributed by atoms with Gasteiger partial charge in [-0.2, -0.15) is 0 Å². The SMILES string of the molecule is CCOC(=O)/C(=N/O)C1=NC2(CCCC2)Cc2cc(OC)c(OC)cc21. The Morgan fingerprint density at radius 3 is 2.46 bits per heavy atom. The number of aliphatic imine (C=N–C) groups is 1. The third-order valence-electron chi connectivity index (χ3n) is 5.06. The van der Waals surface area contributed by atoms with E-state index in [9.17, 15) is 10.0 Å². The molecule has 2 aliphatic rings. The number of rotatable bonds is 5. The second kappa shape index (κ2) is 7.35. The van der Waals surface area contributed by atoms with Gasteiger partial charge in [0.05, 0.1) is 26.4 Å². The van der Waals surface area contributed by atoms with Crippen molar-refractivity contribution in [2.24, 2.45) is 10.1 Å². The fourth-order valence-electron chi connectivity index (χ4n) is 3.87. The summed E-state index contributed by atoms with van der Waals surface area (Å²) in [5.74, 6) is 0.464. The summed E-state index contributed by atoms with van der Waals surface area (Å²) in [6, 6.07) is 3.70. The van der Waals surface area contributed by atoms with Crippen LogP contribution in [0.2, 0.25) is 0 Å². The first-order valence-corrected chi connectivity index (χ1v) is 8.82. The number of carbonyl (C=O) groups is 1. The largest absolute Gasteiger partial charge is 0.493 e. The molecule has 1 saturated carbocycles. The van der Waals surface area contributed by atoms with E-state index in [-0.39, 0.29) is 17.9 Å². The molecule has 0 amide bonds. The average Bonchev–Trinajstić information content (AvgIpc) is 3.09. The Hall–Kier alpha value is -2.57. The third kappa shape index (κ3) is 3.13. The molecule has 7 heteroatoms. The summed E-state index contributed by atoms with van der Waals surface area (Å²) < 4.78 is 15.9. The lowest BCUT2D eigenvalue weighted by Crippen LogP contribution is -2.38. The van der Waals surface area contributed by atoms with Gasteiger partial charge < -0.3 is 19.4 Å². The van der Waals surface area contributed by atoms with Crippen molar-refractivity contribution in [1.82, 2.24) is 0 Å². The number of ether oxygens (including phenoxy) is 3. The lowest BCUT2D eigenvalue weighted by atomic mass is 9.82. The van der Waals surface area contributed by atoms with E-state index in [1.807, 2.05) is 6.07 Å². The minimum absolute atomic E-state index is 0.175. The molecule has 0 bridgehead atoms. The van der Waals surface area contributed by atoms with Crippen molar-refractivity contribution in [2.75, 3.05) is 20.8 Å². The highest BCUT2D eigenvalue weighted by Crippen LogP contribution is 2.43. The lowest BCUT2D eigenvalue weighted by Gasteiger charge is -2.32. The number of esters is 1. The second-order valence-corrected chi connectivity index (χ2v) is 6.60. The molecule has 26 heavy (non-hydrogen) atoms. The van der Waals surface area contributed by atoms with Gasteiger partial charge in [0.2, 0.25) is 5.71 Å². The van der Waals surface area contributed by atoms with Gasteiger partial charge in [-0.05, 0) is 43.9 Å². The molecule has 1 spiro atoms. The molecule has 0 saturated heterocycles. The standard InChI is InChI=1S/C19H24N2O5/c1-4-26-18(22)17(21-23)16-13-10-15(25-3)14(24-2)9-12(13)11-19(20-16)7-5-6-8-19/h9-10,23H,4-8,11H2,1-3H3/b21-17+. The first-order valence-electron chi connectivity index (χ1n) is 8.82. The van der Waals surface area contributed by atoms with Crippen molar-refractivity contribution >= 4 is 17.4 Å².